The Morgan fingerprint density at radius 2 is 1.86 bits per heavy atom. The molecule has 0 spiro atoms. The van der Waals surface area contributed by atoms with E-state index < -0.39 is 0 Å². The molecule has 1 amide bonds. The van der Waals surface area contributed by atoms with Crippen LogP contribution in [0.15, 0.2) is 67.1 Å². The highest BCUT2D eigenvalue weighted by atomic mass is 16.1. The Morgan fingerprint density at radius 3 is 2.71 bits per heavy atom. The van der Waals surface area contributed by atoms with E-state index in [1.54, 1.807) is 30.7 Å². The number of carbonyl (C=O) groups excluding carboxylic acids is 1. The number of hydrogen-bond donors (Lipinski definition) is 2. The Hall–Kier alpha value is -4.00. The predicted molar refractivity (Wildman–Crippen MR) is 108 cm³/mol. The minimum absolute atomic E-state index is 0.192. The number of imidazole rings is 1. The van der Waals surface area contributed by atoms with Crippen molar-refractivity contribution in [3.8, 4) is 5.69 Å². The fourth-order valence-electron chi connectivity index (χ4n) is 3.39. The number of fused-ring (bicyclic) bond motifs is 2. The van der Waals surface area contributed by atoms with Crippen molar-refractivity contribution in [3.05, 3.63) is 78.5 Å². The summed E-state index contributed by atoms with van der Waals surface area (Å²) in [5, 5.41) is 6.07. The van der Waals surface area contributed by atoms with Gasteiger partial charge in [0, 0.05) is 24.2 Å². The van der Waals surface area contributed by atoms with Crippen LogP contribution in [0, 0.1) is 6.92 Å². The van der Waals surface area contributed by atoms with Crippen LogP contribution in [0.2, 0.25) is 0 Å². The van der Waals surface area contributed by atoms with Crippen LogP contribution in [-0.2, 0) is 4.79 Å². The van der Waals surface area contributed by atoms with Gasteiger partial charge in [0.2, 0.25) is 0 Å². The zero-order valence-electron chi connectivity index (χ0n) is 15.0. The number of amides is 1. The number of rotatable bonds is 2. The van der Waals surface area contributed by atoms with E-state index in [4.69, 9.17) is 0 Å². The largest absolute Gasteiger partial charge is 0.338 e. The lowest BCUT2D eigenvalue weighted by atomic mass is 10.1. The summed E-state index contributed by atoms with van der Waals surface area (Å²) in [5.74, 6) is 1.31. The number of aryl methyl sites for hydroxylation is 1. The average Bonchev–Trinajstić information content (AvgIpc) is 2.94. The summed E-state index contributed by atoms with van der Waals surface area (Å²) in [4.78, 5) is 25.2. The SMILES string of the molecule is Cc1nc2cnccc2n1-c1ccc(C2=CC(=O)Nc3cccnc3N2)cc1. The van der Waals surface area contributed by atoms with Gasteiger partial charge in [0.25, 0.3) is 5.91 Å². The summed E-state index contributed by atoms with van der Waals surface area (Å²) in [5.41, 5.74) is 5.09. The first-order chi connectivity index (χ1) is 13.7. The van der Waals surface area contributed by atoms with E-state index in [1.807, 2.05) is 43.3 Å². The van der Waals surface area contributed by atoms with Gasteiger partial charge in [0.1, 0.15) is 11.3 Å². The van der Waals surface area contributed by atoms with Crippen LogP contribution in [0.5, 0.6) is 0 Å². The molecule has 0 radical (unpaired) electrons. The molecule has 4 aromatic rings. The van der Waals surface area contributed by atoms with E-state index in [-0.39, 0.29) is 5.91 Å². The van der Waals surface area contributed by atoms with E-state index in [0.29, 0.717) is 17.2 Å². The first-order valence-corrected chi connectivity index (χ1v) is 8.84. The second-order valence-corrected chi connectivity index (χ2v) is 6.48. The number of hydrogen-bond acceptors (Lipinski definition) is 5. The average molecular weight is 368 g/mol. The predicted octanol–water partition coefficient (Wildman–Crippen LogP) is 3.53. The van der Waals surface area contributed by atoms with Gasteiger partial charge >= 0.3 is 0 Å². The van der Waals surface area contributed by atoms with Crippen LogP contribution in [0.3, 0.4) is 0 Å². The molecule has 28 heavy (non-hydrogen) atoms. The minimum Gasteiger partial charge on any atom is -0.338 e. The maximum absolute atomic E-state index is 12.2. The third-order valence-corrected chi connectivity index (χ3v) is 4.66. The van der Waals surface area contributed by atoms with Crippen LogP contribution in [0.25, 0.3) is 22.4 Å². The van der Waals surface area contributed by atoms with Gasteiger partial charge in [0.05, 0.1) is 23.1 Å². The summed E-state index contributed by atoms with van der Waals surface area (Å²) >= 11 is 0. The summed E-state index contributed by atoms with van der Waals surface area (Å²) < 4.78 is 2.08. The van der Waals surface area contributed by atoms with Gasteiger partial charge in [-0.3, -0.25) is 14.3 Å². The Bertz CT molecular complexity index is 1240. The molecule has 136 valence electrons. The number of nitrogens with zero attached hydrogens (tertiary/aromatic N) is 4. The summed E-state index contributed by atoms with van der Waals surface area (Å²) in [6, 6.07) is 13.5. The molecule has 4 heterocycles. The Labute approximate surface area is 160 Å². The van der Waals surface area contributed by atoms with Crippen LogP contribution in [-0.4, -0.2) is 25.4 Å². The zero-order valence-corrected chi connectivity index (χ0v) is 15.0. The molecule has 0 atom stereocenters. The number of benzene rings is 1. The van der Waals surface area contributed by atoms with Gasteiger partial charge < -0.3 is 10.6 Å². The van der Waals surface area contributed by atoms with Crippen LogP contribution in [0.4, 0.5) is 11.5 Å². The standard InChI is InChI=1S/C21H16N6O/c1-13-24-18-12-22-10-8-19(18)27(13)15-6-4-14(5-7-15)17-11-20(28)25-16-3-2-9-23-21(16)26-17/h2-12H,1H3,(H,23,26)(H,25,28). The smallest absolute Gasteiger partial charge is 0.250 e. The van der Waals surface area contributed by atoms with E-state index in [1.165, 1.54) is 0 Å². The number of anilines is 2. The van der Waals surface area contributed by atoms with Gasteiger partial charge in [-0.15, -0.1) is 0 Å². The highest BCUT2D eigenvalue weighted by Crippen LogP contribution is 2.28. The molecule has 1 aliphatic rings. The van der Waals surface area contributed by atoms with Crippen molar-refractivity contribution in [3.63, 3.8) is 0 Å². The van der Waals surface area contributed by atoms with Crippen molar-refractivity contribution in [2.24, 2.45) is 0 Å². The highest BCUT2D eigenvalue weighted by Gasteiger charge is 2.15. The quantitative estimate of drug-likeness (QED) is 0.565. The summed E-state index contributed by atoms with van der Waals surface area (Å²) in [6.45, 7) is 1.97. The fourth-order valence-corrected chi connectivity index (χ4v) is 3.39. The minimum atomic E-state index is -0.192. The molecule has 0 bridgehead atoms. The van der Waals surface area contributed by atoms with E-state index in [0.717, 1.165) is 28.1 Å². The number of nitrogens with one attached hydrogen (secondary N) is 2. The molecule has 2 N–H and O–H groups in total. The second kappa shape index (κ2) is 6.31. The van der Waals surface area contributed by atoms with Crippen molar-refractivity contribution >= 4 is 34.1 Å². The summed E-state index contributed by atoms with van der Waals surface area (Å²) in [7, 11) is 0. The number of aromatic nitrogens is 4. The van der Waals surface area contributed by atoms with Gasteiger partial charge in [-0.1, -0.05) is 12.1 Å². The highest BCUT2D eigenvalue weighted by molar-refractivity contribution is 6.09. The third-order valence-electron chi connectivity index (χ3n) is 4.66. The van der Waals surface area contributed by atoms with Gasteiger partial charge in [-0.05, 0) is 42.8 Å². The number of pyridine rings is 2. The molecular weight excluding hydrogens is 352 g/mol. The zero-order chi connectivity index (χ0) is 19.1. The molecule has 7 heteroatoms. The van der Waals surface area contributed by atoms with Gasteiger partial charge in [0.15, 0.2) is 5.82 Å². The van der Waals surface area contributed by atoms with Crippen LogP contribution in [0.1, 0.15) is 11.4 Å². The van der Waals surface area contributed by atoms with Gasteiger partial charge in [-0.2, -0.15) is 0 Å². The monoisotopic (exact) mass is 368 g/mol. The molecular formula is C21H16N6O. The van der Waals surface area contributed by atoms with Crippen molar-refractivity contribution in [2.45, 2.75) is 6.92 Å². The fraction of sp³-hybridized carbons (Fsp3) is 0.0476. The Morgan fingerprint density at radius 1 is 1.00 bits per heavy atom. The molecule has 5 rings (SSSR count). The lowest BCUT2D eigenvalue weighted by Crippen LogP contribution is -2.06. The second-order valence-electron chi connectivity index (χ2n) is 6.48. The normalized spacial score (nSPS) is 13.3. The number of carbonyl (C=O) groups is 1. The van der Waals surface area contributed by atoms with Crippen molar-refractivity contribution in [1.29, 1.82) is 0 Å². The van der Waals surface area contributed by atoms with Crippen LogP contribution < -0.4 is 10.6 Å². The molecule has 1 aliphatic heterocycles. The molecule has 0 saturated heterocycles. The first-order valence-electron chi connectivity index (χ1n) is 8.84. The van der Waals surface area contributed by atoms with Crippen LogP contribution >= 0.6 is 0 Å². The molecule has 1 aromatic carbocycles. The summed E-state index contributed by atoms with van der Waals surface area (Å²) in [6.07, 6.45) is 6.75. The molecule has 7 nitrogen and oxygen atoms in total. The molecule has 0 saturated carbocycles. The topological polar surface area (TPSA) is 84.7 Å². The van der Waals surface area contributed by atoms with E-state index >= 15 is 0 Å². The Kier molecular flexibility index (Phi) is 3.65. The maximum Gasteiger partial charge on any atom is 0.250 e. The van der Waals surface area contributed by atoms with Crippen molar-refractivity contribution in [2.75, 3.05) is 10.6 Å². The molecule has 0 aliphatic carbocycles. The van der Waals surface area contributed by atoms with E-state index in [9.17, 15) is 4.79 Å². The van der Waals surface area contributed by atoms with E-state index in [2.05, 4.69) is 30.2 Å². The lowest BCUT2D eigenvalue weighted by Gasteiger charge is -2.12. The third kappa shape index (κ3) is 2.69. The molecule has 0 fully saturated rings. The first kappa shape index (κ1) is 16.2. The maximum atomic E-state index is 12.2. The van der Waals surface area contributed by atoms with Crippen molar-refractivity contribution in [1.82, 2.24) is 19.5 Å². The van der Waals surface area contributed by atoms with Crippen molar-refractivity contribution < 1.29 is 4.79 Å². The van der Waals surface area contributed by atoms with Gasteiger partial charge in [-0.25, -0.2) is 9.97 Å². The Balaban J connectivity index is 1.53. The molecule has 3 aromatic heterocycles. The molecule has 0 unspecified atom stereocenters. The lowest BCUT2D eigenvalue weighted by molar-refractivity contribution is -0.111.